The van der Waals surface area contributed by atoms with Crippen LogP contribution in [0.2, 0.25) is 0 Å². The molecule has 2 N–H and O–H groups in total. The van der Waals surface area contributed by atoms with Gasteiger partial charge in [0, 0.05) is 16.5 Å². The zero-order chi connectivity index (χ0) is 18.7. The van der Waals surface area contributed by atoms with E-state index in [1.807, 2.05) is 0 Å². The fourth-order valence-electron chi connectivity index (χ4n) is 2.18. The molecule has 0 aliphatic heterocycles. The fraction of sp³-hybridized carbons (Fsp3) is 0.0588. The summed E-state index contributed by atoms with van der Waals surface area (Å²) < 4.78 is 38.9. The summed E-state index contributed by atoms with van der Waals surface area (Å²) in [6.07, 6.45) is 0. The Morgan fingerprint density at radius 2 is 1.88 bits per heavy atom. The van der Waals surface area contributed by atoms with Gasteiger partial charge in [0.25, 0.3) is 5.91 Å². The number of thiazole rings is 1. The van der Waals surface area contributed by atoms with E-state index in [2.05, 4.69) is 15.0 Å². The van der Waals surface area contributed by atoms with Crippen molar-refractivity contribution in [1.82, 2.24) is 9.71 Å². The average molecular weight is 391 g/mol. The van der Waals surface area contributed by atoms with Crippen molar-refractivity contribution < 1.29 is 17.6 Å². The summed E-state index contributed by atoms with van der Waals surface area (Å²) in [5.41, 5.74) is 1.53. The molecule has 9 heteroatoms. The predicted octanol–water partition coefficient (Wildman–Crippen LogP) is 3.11. The number of nitrogens with zero attached hydrogens (tertiary/aromatic N) is 1. The van der Waals surface area contributed by atoms with Gasteiger partial charge in [-0.05, 0) is 49.5 Å². The Morgan fingerprint density at radius 1 is 1.15 bits per heavy atom. The van der Waals surface area contributed by atoms with E-state index in [0.717, 1.165) is 5.56 Å². The first-order valence-electron chi connectivity index (χ1n) is 7.45. The van der Waals surface area contributed by atoms with Crippen LogP contribution in [0.15, 0.2) is 58.8 Å². The largest absolute Gasteiger partial charge is 0.298 e. The van der Waals surface area contributed by atoms with Gasteiger partial charge in [0.05, 0.1) is 10.6 Å². The number of hydrogen-bond donors (Lipinski definition) is 2. The maximum atomic E-state index is 13.0. The van der Waals surface area contributed by atoms with E-state index >= 15 is 0 Å². The topological polar surface area (TPSA) is 88.2 Å². The van der Waals surface area contributed by atoms with Crippen molar-refractivity contribution in [2.45, 2.75) is 4.90 Å². The molecule has 0 atom stereocenters. The lowest BCUT2D eigenvalue weighted by atomic mass is 10.2. The summed E-state index contributed by atoms with van der Waals surface area (Å²) in [4.78, 5) is 16.7. The normalized spacial score (nSPS) is 11.3. The average Bonchev–Trinajstić information content (AvgIpc) is 3.11. The fourth-order valence-corrected chi connectivity index (χ4v) is 3.67. The molecule has 3 rings (SSSR count). The third kappa shape index (κ3) is 3.96. The van der Waals surface area contributed by atoms with Gasteiger partial charge < -0.3 is 0 Å². The number of sulfonamides is 1. The third-order valence-corrected chi connectivity index (χ3v) is 5.71. The van der Waals surface area contributed by atoms with Gasteiger partial charge in [0.1, 0.15) is 5.82 Å². The highest BCUT2D eigenvalue weighted by Gasteiger charge is 2.15. The van der Waals surface area contributed by atoms with E-state index in [0.29, 0.717) is 10.8 Å². The highest BCUT2D eigenvalue weighted by molar-refractivity contribution is 7.89. The van der Waals surface area contributed by atoms with Crippen molar-refractivity contribution in [1.29, 1.82) is 0 Å². The molecule has 0 unspecified atom stereocenters. The maximum absolute atomic E-state index is 13.0. The molecule has 0 bridgehead atoms. The van der Waals surface area contributed by atoms with E-state index in [9.17, 15) is 17.6 Å². The van der Waals surface area contributed by atoms with Gasteiger partial charge >= 0.3 is 0 Å². The minimum absolute atomic E-state index is 0.00112. The summed E-state index contributed by atoms with van der Waals surface area (Å²) >= 11 is 1.22. The van der Waals surface area contributed by atoms with Gasteiger partial charge in [-0.1, -0.05) is 6.07 Å². The molecule has 3 aromatic rings. The SMILES string of the molecule is CNS(=O)(=O)c1cccc(C(=O)Nc2nc(-c3ccc(F)cc3)cs2)c1. The second-order valence-corrected chi connectivity index (χ2v) is 7.98. The Balaban J connectivity index is 1.79. The lowest BCUT2D eigenvalue weighted by Gasteiger charge is -2.05. The Hall–Kier alpha value is -2.62. The molecule has 6 nitrogen and oxygen atoms in total. The zero-order valence-electron chi connectivity index (χ0n) is 13.6. The van der Waals surface area contributed by atoms with Gasteiger partial charge in [0.15, 0.2) is 5.13 Å². The summed E-state index contributed by atoms with van der Waals surface area (Å²) in [6.45, 7) is 0. The van der Waals surface area contributed by atoms with E-state index in [1.165, 1.54) is 54.8 Å². The number of hydrogen-bond acceptors (Lipinski definition) is 5. The van der Waals surface area contributed by atoms with Crippen LogP contribution in [0.25, 0.3) is 11.3 Å². The number of benzene rings is 2. The minimum atomic E-state index is -3.64. The van der Waals surface area contributed by atoms with E-state index < -0.39 is 15.9 Å². The van der Waals surface area contributed by atoms with Crippen LogP contribution in [0.4, 0.5) is 9.52 Å². The van der Waals surface area contributed by atoms with Crippen molar-refractivity contribution >= 4 is 32.4 Å². The predicted molar refractivity (Wildman–Crippen MR) is 98.1 cm³/mol. The number of carbonyl (C=O) groups is 1. The van der Waals surface area contributed by atoms with E-state index in [-0.39, 0.29) is 16.3 Å². The number of nitrogens with one attached hydrogen (secondary N) is 2. The highest BCUT2D eigenvalue weighted by Crippen LogP contribution is 2.25. The van der Waals surface area contributed by atoms with Crippen LogP contribution in [0.1, 0.15) is 10.4 Å². The smallest absolute Gasteiger partial charge is 0.257 e. The zero-order valence-corrected chi connectivity index (χ0v) is 15.2. The summed E-state index contributed by atoms with van der Waals surface area (Å²) in [5.74, 6) is -0.813. The molecule has 0 saturated heterocycles. The van der Waals surface area contributed by atoms with E-state index in [4.69, 9.17) is 0 Å². The molecule has 134 valence electrons. The lowest BCUT2D eigenvalue weighted by Crippen LogP contribution is -2.19. The van der Waals surface area contributed by atoms with Gasteiger partial charge in [-0.25, -0.2) is 22.5 Å². The van der Waals surface area contributed by atoms with Crippen LogP contribution in [0, 0.1) is 5.82 Å². The van der Waals surface area contributed by atoms with Crippen molar-refractivity contribution in [2.75, 3.05) is 12.4 Å². The maximum Gasteiger partial charge on any atom is 0.257 e. The van der Waals surface area contributed by atoms with Crippen molar-refractivity contribution in [2.24, 2.45) is 0 Å². The molecule has 1 aromatic heterocycles. The highest BCUT2D eigenvalue weighted by atomic mass is 32.2. The first kappa shape index (κ1) is 18.2. The minimum Gasteiger partial charge on any atom is -0.298 e. The first-order valence-corrected chi connectivity index (χ1v) is 9.82. The van der Waals surface area contributed by atoms with Crippen molar-refractivity contribution in [3.05, 3.63) is 65.3 Å². The molecule has 0 spiro atoms. The Kier molecular flexibility index (Phi) is 5.12. The number of halogens is 1. The van der Waals surface area contributed by atoms with Gasteiger partial charge in [-0.3, -0.25) is 10.1 Å². The number of rotatable bonds is 5. The van der Waals surface area contributed by atoms with Crippen molar-refractivity contribution in [3.63, 3.8) is 0 Å². The molecule has 0 radical (unpaired) electrons. The van der Waals surface area contributed by atoms with Crippen LogP contribution in [0.5, 0.6) is 0 Å². The first-order chi connectivity index (χ1) is 12.4. The molecule has 0 fully saturated rings. The van der Waals surface area contributed by atoms with Gasteiger partial charge in [-0.2, -0.15) is 0 Å². The molecule has 1 heterocycles. The molecule has 2 aromatic carbocycles. The monoisotopic (exact) mass is 391 g/mol. The van der Waals surface area contributed by atoms with Crippen LogP contribution < -0.4 is 10.0 Å². The summed E-state index contributed by atoms with van der Waals surface area (Å²) in [7, 11) is -2.34. The molecule has 0 saturated carbocycles. The summed E-state index contributed by atoms with van der Waals surface area (Å²) in [6, 6.07) is 11.6. The lowest BCUT2D eigenvalue weighted by molar-refractivity contribution is 0.102. The Bertz CT molecular complexity index is 1050. The standard InChI is InChI=1S/C17H14FN3O3S2/c1-19-26(23,24)14-4-2-3-12(9-14)16(22)21-17-20-15(10-25-17)11-5-7-13(18)8-6-11/h2-10,19H,1H3,(H,20,21,22). The second kappa shape index (κ2) is 7.32. The molecular weight excluding hydrogens is 377 g/mol. The molecule has 0 aliphatic rings. The Morgan fingerprint density at radius 3 is 2.58 bits per heavy atom. The molecule has 26 heavy (non-hydrogen) atoms. The van der Waals surface area contributed by atoms with Crippen LogP contribution in [0.3, 0.4) is 0 Å². The molecular formula is C17H14FN3O3S2. The van der Waals surface area contributed by atoms with Gasteiger partial charge in [0.2, 0.25) is 10.0 Å². The third-order valence-electron chi connectivity index (χ3n) is 3.54. The number of aromatic nitrogens is 1. The Labute approximate surface area is 153 Å². The number of carbonyl (C=O) groups excluding carboxylic acids is 1. The van der Waals surface area contributed by atoms with Crippen LogP contribution in [-0.2, 0) is 10.0 Å². The van der Waals surface area contributed by atoms with Crippen molar-refractivity contribution in [3.8, 4) is 11.3 Å². The van der Waals surface area contributed by atoms with Gasteiger partial charge in [-0.15, -0.1) is 11.3 Å². The number of amides is 1. The molecule has 1 amide bonds. The summed E-state index contributed by atoms with van der Waals surface area (Å²) in [5, 5.41) is 4.73. The van der Waals surface area contributed by atoms with Crippen LogP contribution in [-0.4, -0.2) is 26.4 Å². The van der Waals surface area contributed by atoms with Crippen LogP contribution >= 0.6 is 11.3 Å². The second-order valence-electron chi connectivity index (χ2n) is 5.23. The number of anilines is 1. The molecule has 0 aliphatic carbocycles. The quantitative estimate of drug-likeness (QED) is 0.700. The van der Waals surface area contributed by atoms with E-state index in [1.54, 1.807) is 17.5 Å².